The third-order valence-electron chi connectivity index (χ3n) is 3.33. The molecule has 9 heteroatoms. The first kappa shape index (κ1) is 16.4. The van der Waals surface area contributed by atoms with Crippen LogP contribution in [0.15, 0.2) is 47.6 Å². The summed E-state index contributed by atoms with van der Waals surface area (Å²) in [6.45, 7) is 0. The largest absolute Gasteiger partial charge is 0.320 e. The molecule has 0 spiro atoms. The SMILES string of the molecule is O=C1Nc2ccc(I)cc2/C1=N/NC(=O)c1ccc(N(O)O)cc1. The molecular weight excluding hydrogens is 427 g/mol. The van der Waals surface area contributed by atoms with Crippen molar-refractivity contribution >= 4 is 51.5 Å². The fraction of sp³-hybridized carbons (Fsp3) is 0. The standard InChI is InChI=1S/C15H11IN4O4/c16-9-3-6-12-11(7-9)13(15(22)17-12)18-19-14(21)8-1-4-10(5-2-8)20(23)24/h1-7,23-24H,(H,19,21)(H,17,18,22). The Morgan fingerprint density at radius 3 is 2.54 bits per heavy atom. The predicted octanol–water partition coefficient (Wildman–Crippen LogP) is 1.96. The molecule has 1 aliphatic heterocycles. The van der Waals surface area contributed by atoms with E-state index in [4.69, 9.17) is 10.4 Å². The minimum absolute atomic E-state index is 0.0523. The smallest absolute Gasteiger partial charge is 0.276 e. The van der Waals surface area contributed by atoms with Gasteiger partial charge >= 0.3 is 0 Å². The molecule has 0 radical (unpaired) electrons. The number of nitrogens with one attached hydrogen (secondary N) is 2. The van der Waals surface area contributed by atoms with Gasteiger partial charge in [0, 0.05) is 14.7 Å². The third kappa shape index (κ3) is 3.22. The quantitative estimate of drug-likeness (QED) is 0.432. The number of hydrazone groups is 1. The summed E-state index contributed by atoms with van der Waals surface area (Å²) in [5.74, 6) is -0.915. The summed E-state index contributed by atoms with van der Waals surface area (Å²) in [6.07, 6.45) is 0. The molecule has 8 nitrogen and oxygen atoms in total. The summed E-state index contributed by atoms with van der Waals surface area (Å²) < 4.78 is 0.940. The number of nitrogens with zero attached hydrogens (tertiary/aromatic N) is 2. The van der Waals surface area contributed by atoms with Crippen molar-refractivity contribution < 1.29 is 20.0 Å². The lowest BCUT2D eigenvalue weighted by Crippen LogP contribution is -2.23. The molecule has 1 aliphatic rings. The van der Waals surface area contributed by atoms with Crippen LogP contribution in [0.5, 0.6) is 0 Å². The molecule has 0 bridgehead atoms. The number of carbonyl (C=O) groups excluding carboxylic acids is 2. The number of fused-ring (bicyclic) bond motifs is 1. The number of carbonyl (C=O) groups is 2. The lowest BCUT2D eigenvalue weighted by molar-refractivity contribution is -0.110. The maximum atomic E-state index is 12.1. The second kappa shape index (κ2) is 6.55. The van der Waals surface area contributed by atoms with Crippen LogP contribution >= 0.6 is 22.6 Å². The van der Waals surface area contributed by atoms with Gasteiger partial charge in [-0.3, -0.25) is 20.0 Å². The summed E-state index contributed by atoms with van der Waals surface area (Å²) in [4.78, 5) is 24.0. The number of amides is 2. The molecule has 122 valence electrons. The fourth-order valence-corrected chi connectivity index (χ4v) is 2.64. The van der Waals surface area contributed by atoms with Crippen molar-refractivity contribution in [2.24, 2.45) is 5.10 Å². The van der Waals surface area contributed by atoms with E-state index in [9.17, 15) is 9.59 Å². The Bertz CT molecular complexity index is 849. The summed E-state index contributed by atoms with van der Waals surface area (Å²) in [5.41, 5.74) is 4.09. The summed E-state index contributed by atoms with van der Waals surface area (Å²) in [5, 5.41) is 24.3. The summed E-state index contributed by atoms with van der Waals surface area (Å²) in [7, 11) is 0. The van der Waals surface area contributed by atoms with Crippen molar-refractivity contribution in [3.05, 3.63) is 57.2 Å². The molecule has 2 aromatic rings. The molecule has 1 heterocycles. The molecule has 0 saturated heterocycles. The molecule has 0 atom stereocenters. The van der Waals surface area contributed by atoms with Crippen molar-refractivity contribution in [3.8, 4) is 0 Å². The van der Waals surface area contributed by atoms with Crippen molar-refractivity contribution in [2.75, 3.05) is 10.5 Å². The van der Waals surface area contributed by atoms with Crippen LogP contribution in [-0.2, 0) is 4.79 Å². The molecule has 0 saturated carbocycles. The highest BCUT2D eigenvalue weighted by atomic mass is 127. The molecule has 2 aromatic carbocycles. The fourth-order valence-electron chi connectivity index (χ4n) is 2.15. The van der Waals surface area contributed by atoms with Crippen LogP contribution in [0.1, 0.15) is 15.9 Å². The van der Waals surface area contributed by atoms with Crippen molar-refractivity contribution in [3.63, 3.8) is 0 Å². The Morgan fingerprint density at radius 2 is 1.88 bits per heavy atom. The second-order valence-corrected chi connectivity index (χ2v) is 6.13. The van der Waals surface area contributed by atoms with Crippen molar-refractivity contribution in [2.45, 2.75) is 0 Å². The van der Waals surface area contributed by atoms with Gasteiger partial charge in [0.25, 0.3) is 11.8 Å². The van der Waals surface area contributed by atoms with Gasteiger partial charge in [0.15, 0.2) is 5.71 Å². The molecule has 0 fully saturated rings. The van der Waals surface area contributed by atoms with Crippen LogP contribution < -0.4 is 16.0 Å². The van der Waals surface area contributed by atoms with Gasteiger partial charge in [0.2, 0.25) is 0 Å². The Labute approximate surface area is 149 Å². The number of benzene rings is 2. The highest BCUT2D eigenvalue weighted by Gasteiger charge is 2.26. The molecule has 2 amide bonds. The lowest BCUT2D eigenvalue weighted by atomic mass is 10.1. The van der Waals surface area contributed by atoms with Crippen LogP contribution in [0.4, 0.5) is 11.4 Å². The maximum absolute atomic E-state index is 12.1. The van der Waals surface area contributed by atoms with E-state index in [2.05, 4.69) is 38.4 Å². The molecule has 24 heavy (non-hydrogen) atoms. The predicted molar refractivity (Wildman–Crippen MR) is 94.3 cm³/mol. The number of rotatable bonds is 3. The van der Waals surface area contributed by atoms with E-state index in [1.807, 2.05) is 6.07 Å². The molecule has 0 aromatic heterocycles. The van der Waals surface area contributed by atoms with E-state index in [-0.39, 0.29) is 28.1 Å². The molecule has 0 aliphatic carbocycles. The van der Waals surface area contributed by atoms with E-state index in [1.165, 1.54) is 24.3 Å². The van der Waals surface area contributed by atoms with E-state index in [1.54, 1.807) is 12.1 Å². The third-order valence-corrected chi connectivity index (χ3v) is 4.00. The second-order valence-electron chi connectivity index (χ2n) is 4.88. The van der Waals surface area contributed by atoms with Gasteiger partial charge in [-0.1, -0.05) is 0 Å². The molecule has 4 N–H and O–H groups in total. The van der Waals surface area contributed by atoms with Gasteiger partial charge in [-0.05, 0) is 65.1 Å². The van der Waals surface area contributed by atoms with Gasteiger partial charge in [-0.25, -0.2) is 5.43 Å². The monoisotopic (exact) mass is 438 g/mol. The average molecular weight is 438 g/mol. The van der Waals surface area contributed by atoms with Crippen molar-refractivity contribution in [1.29, 1.82) is 0 Å². The Kier molecular flexibility index (Phi) is 4.46. The Morgan fingerprint density at radius 1 is 1.17 bits per heavy atom. The van der Waals surface area contributed by atoms with Gasteiger partial charge in [-0.15, -0.1) is 5.23 Å². The zero-order valence-corrected chi connectivity index (χ0v) is 14.2. The van der Waals surface area contributed by atoms with Crippen LogP contribution in [0.2, 0.25) is 0 Å². The normalized spacial score (nSPS) is 14.3. The number of hydrogen-bond acceptors (Lipinski definition) is 6. The minimum atomic E-state index is -0.525. The van der Waals surface area contributed by atoms with E-state index >= 15 is 0 Å². The van der Waals surface area contributed by atoms with Gasteiger partial charge in [-0.2, -0.15) is 5.10 Å². The Balaban J connectivity index is 1.79. The summed E-state index contributed by atoms with van der Waals surface area (Å²) in [6, 6.07) is 10.9. The Hall–Kier alpha value is -2.50. The maximum Gasteiger partial charge on any atom is 0.276 e. The molecule has 3 rings (SSSR count). The zero-order valence-electron chi connectivity index (χ0n) is 12.0. The zero-order chi connectivity index (χ0) is 17.3. The van der Waals surface area contributed by atoms with E-state index < -0.39 is 5.91 Å². The van der Waals surface area contributed by atoms with Crippen LogP contribution in [0.25, 0.3) is 0 Å². The van der Waals surface area contributed by atoms with Crippen LogP contribution in [-0.4, -0.2) is 27.9 Å². The summed E-state index contributed by atoms with van der Waals surface area (Å²) >= 11 is 2.12. The number of anilines is 2. The minimum Gasteiger partial charge on any atom is -0.320 e. The van der Waals surface area contributed by atoms with E-state index in [0.29, 0.717) is 11.3 Å². The topological polar surface area (TPSA) is 114 Å². The first-order valence-electron chi connectivity index (χ1n) is 6.73. The van der Waals surface area contributed by atoms with Crippen LogP contribution in [0, 0.1) is 3.57 Å². The van der Waals surface area contributed by atoms with E-state index in [0.717, 1.165) is 3.57 Å². The number of hydrogen-bond donors (Lipinski definition) is 4. The van der Waals surface area contributed by atoms with Gasteiger partial charge in [0.05, 0.1) is 11.4 Å². The average Bonchev–Trinajstić information content (AvgIpc) is 2.87. The van der Waals surface area contributed by atoms with Crippen molar-refractivity contribution in [1.82, 2.24) is 5.43 Å². The van der Waals surface area contributed by atoms with Gasteiger partial charge in [0.1, 0.15) is 0 Å². The van der Waals surface area contributed by atoms with Crippen LogP contribution in [0.3, 0.4) is 0 Å². The molecular formula is C15H11IN4O4. The highest BCUT2D eigenvalue weighted by Crippen LogP contribution is 2.25. The van der Waals surface area contributed by atoms with Gasteiger partial charge < -0.3 is 5.32 Å². The highest BCUT2D eigenvalue weighted by molar-refractivity contribution is 14.1. The number of halogens is 1. The first-order chi connectivity index (χ1) is 11.5. The first-order valence-corrected chi connectivity index (χ1v) is 7.81. The lowest BCUT2D eigenvalue weighted by Gasteiger charge is -2.08. The molecule has 0 unspecified atom stereocenters.